The molecular formula is C6H4BO2. The van der Waals surface area contributed by atoms with E-state index in [9.17, 15) is 0 Å². The first-order chi connectivity index (χ1) is 4.45. The second-order valence-electron chi connectivity index (χ2n) is 1.80. The van der Waals surface area contributed by atoms with Crippen molar-refractivity contribution in [1.29, 1.82) is 0 Å². The Morgan fingerprint density at radius 1 is 0.889 bits per heavy atom. The van der Waals surface area contributed by atoms with Gasteiger partial charge in [0.25, 0.3) is 0 Å². The molecule has 2 nitrogen and oxygen atoms in total. The Hall–Kier alpha value is -1.12. The van der Waals surface area contributed by atoms with Crippen LogP contribution in [0.2, 0.25) is 0 Å². The Balaban J connectivity index is 2.53. The smallest absolute Gasteiger partial charge is 0.526 e. The van der Waals surface area contributed by atoms with Gasteiger partial charge in [-0.15, -0.1) is 0 Å². The monoisotopic (exact) mass is 119 g/mol. The summed E-state index contributed by atoms with van der Waals surface area (Å²) in [7, 11) is 1.32. The second kappa shape index (κ2) is 1.69. The zero-order chi connectivity index (χ0) is 6.10. The van der Waals surface area contributed by atoms with Gasteiger partial charge in [0.1, 0.15) is 11.5 Å². The maximum Gasteiger partial charge on any atom is 0.658 e. The van der Waals surface area contributed by atoms with Crippen LogP contribution in [0.3, 0.4) is 0 Å². The molecule has 0 saturated heterocycles. The molecule has 9 heavy (non-hydrogen) atoms. The molecule has 2 bridgehead atoms. The third kappa shape index (κ3) is 0.742. The summed E-state index contributed by atoms with van der Waals surface area (Å²) in [4.78, 5) is 0. The lowest BCUT2D eigenvalue weighted by atomic mass is 10.3. The van der Waals surface area contributed by atoms with E-state index < -0.39 is 0 Å². The fourth-order valence-electron chi connectivity index (χ4n) is 0.732. The molecule has 0 N–H and O–H groups in total. The zero-order valence-corrected chi connectivity index (χ0v) is 4.70. The van der Waals surface area contributed by atoms with Crippen molar-refractivity contribution in [2.24, 2.45) is 0 Å². The highest BCUT2D eigenvalue weighted by atomic mass is 16.6. The van der Waals surface area contributed by atoms with E-state index in [-0.39, 0.29) is 0 Å². The van der Waals surface area contributed by atoms with Crippen LogP contribution in [0.15, 0.2) is 24.3 Å². The van der Waals surface area contributed by atoms with Crippen molar-refractivity contribution in [3.05, 3.63) is 24.3 Å². The minimum atomic E-state index is 0.816. The molecule has 1 aromatic carbocycles. The summed E-state index contributed by atoms with van der Waals surface area (Å²) in [6, 6.07) is 7.44. The molecule has 1 aromatic rings. The number of hydrogen-bond donors (Lipinski definition) is 0. The van der Waals surface area contributed by atoms with Crippen LogP contribution in [0.25, 0.3) is 0 Å². The summed E-state index contributed by atoms with van der Waals surface area (Å²) in [6.45, 7) is 0. The van der Waals surface area contributed by atoms with Crippen LogP contribution in [0.4, 0.5) is 0 Å². The molecule has 0 atom stereocenters. The lowest BCUT2D eigenvalue weighted by molar-refractivity contribution is 0.473. The summed E-state index contributed by atoms with van der Waals surface area (Å²) in [5.41, 5.74) is 0. The fourth-order valence-corrected chi connectivity index (χ4v) is 0.732. The van der Waals surface area contributed by atoms with Crippen molar-refractivity contribution in [2.45, 2.75) is 0 Å². The lowest BCUT2D eigenvalue weighted by Crippen LogP contribution is -2.07. The molecule has 0 saturated carbocycles. The average Bonchev–Trinajstić information content (AvgIpc) is 2.21. The highest BCUT2D eigenvalue weighted by Crippen LogP contribution is 2.19. The maximum atomic E-state index is 4.97. The fraction of sp³-hybridized carbons (Fsp3) is 0. The standard InChI is InChI=1S/C6H4BO2/c1-2-6-4-3-5(1)8-7-9-6/h1-4H. The molecule has 43 valence electrons. The van der Waals surface area contributed by atoms with Crippen LogP contribution in [0.5, 0.6) is 11.5 Å². The van der Waals surface area contributed by atoms with Gasteiger partial charge in [-0.1, -0.05) is 0 Å². The van der Waals surface area contributed by atoms with E-state index in [4.69, 9.17) is 9.31 Å². The third-order valence-electron chi connectivity index (χ3n) is 1.19. The molecule has 0 spiro atoms. The average molecular weight is 119 g/mol. The minimum Gasteiger partial charge on any atom is -0.526 e. The molecule has 0 unspecified atom stereocenters. The predicted molar refractivity (Wildman–Crippen MR) is 33.5 cm³/mol. The van der Waals surface area contributed by atoms with E-state index in [1.54, 1.807) is 0 Å². The van der Waals surface area contributed by atoms with Gasteiger partial charge in [0.15, 0.2) is 0 Å². The third-order valence-corrected chi connectivity index (χ3v) is 1.19. The first-order valence-electron chi connectivity index (χ1n) is 2.70. The molecular weight excluding hydrogens is 115 g/mol. The summed E-state index contributed by atoms with van der Waals surface area (Å²) in [5.74, 6) is 1.63. The van der Waals surface area contributed by atoms with Crippen molar-refractivity contribution in [2.75, 3.05) is 0 Å². The van der Waals surface area contributed by atoms with Gasteiger partial charge >= 0.3 is 7.69 Å². The Kier molecular flexibility index (Phi) is 0.888. The largest absolute Gasteiger partial charge is 0.658 e. The van der Waals surface area contributed by atoms with Gasteiger partial charge in [-0.25, -0.2) is 0 Å². The van der Waals surface area contributed by atoms with E-state index >= 15 is 0 Å². The van der Waals surface area contributed by atoms with Crippen LogP contribution in [0, 0.1) is 0 Å². The van der Waals surface area contributed by atoms with Crippen molar-refractivity contribution < 1.29 is 9.31 Å². The molecule has 2 aliphatic rings. The van der Waals surface area contributed by atoms with Crippen LogP contribution >= 0.6 is 0 Å². The lowest BCUT2D eigenvalue weighted by Gasteiger charge is -1.94. The first-order valence-corrected chi connectivity index (χ1v) is 2.70. The number of rotatable bonds is 0. The highest BCUT2D eigenvalue weighted by Gasteiger charge is 2.05. The van der Waals surface area contributed by atoms with Gasteiger partial charge in [0.2, 0.25) is 0 Å². The normalized spacial score (nSPS) is 12.9. The second-order valence-corrected chi connectivity index (χ2v) is 1.80. The van der Waals surface area contributed by atoms with Crippen molar-refractivity contribution >= 4 is 7.69 Å². The summed E-state index contributed by atoms with van der Waals surface area (Å²) in [6.07, 6.45) is 0. The molecule has 0 amide bonds. The SMILES string of the molecule is [B]1Oc2ccc(cc2)O1. The van der Waals surface area contributed by atoms with Crippen LogP contribution in [-0.4, -0.2) is 7.69 Å². The van der Waals surface area contributed by atoms with Crippen LogP contribution in [0.1, 0.15) is 0 Å². The molecule has 2 aliphatic heterocycles. The molecule has 3 rings (SSSR count). The predicted octanol–water partition coefficient (Wildman–Crippen LogP) is 0.992. The Morgan fingerprint density at radius 2 is 1.33 bits per heavy atom. The van der Waals surface area contributed by atoms with E-state index in [2.05, 4.69) is 0 Å². The molecule has 0 aliphatic carbocycles. The summed E-state index contributed by atoms with van der Waals surface area (Å²) < 4.78 is 9.94. The van der Waals surface area contributed by atoms with Crippen molar-refractivity contribution in [3.63, 3.8) is 0 Å². The maximum absolute atomic E-state index is 4.97. The Labute approximate surface area is 53.7 Å². The van der Waals surface area contributed by atoms with Gasteiger partial charge in [-0.3, -0.25) is 0 Å². The van der Waals surface area contributed by atoms with Gasteiger partial charge in [0.05, 0.1) is 0 Å². The van der Waals surface area contributed by atoms with E-state index in [0.717, 1.165) is 11.5 Å². The van der Waals surface area contributed by atoms with Crippen LogP contribution in [-0.2, 0) is 0 Å². The van der Waals surface area contributed by atoms with Gasteiger partial charge in [0, 0.05) is 0 Å². The van der Waals surface area contributed by atoms with Crippen molar-refractivity contribution in [1.82, 2.24) is 0 Å². The number of fused-ring (bicyclic) bond motifs is 4. The molecule has 0 aromatic heterocycles. The minimum absolute atomic E-state index is 0.816. The quantitative estimate of drug-likeness (QED) is 0.474. The Morgan fingerprint density at radius 3 is 1.78 bits per heavy atom. The van der Waals surface area contributed by atoms with Gasteiger partial charge in [-0.2, -0.15) is 0 Å². The molecule has 2 heterocycles. The summed E-state index contributed by atoms with van der Waals surface area (Å²) >= 11 is 0. The topological polar surface area (TPSA) is 18.5 Å². The summed E-state index contributed by atoms with van der Waals surface area (Å²) in [5, 5.41) is 0. The Bertz CT molecular complexity index is 184. The van der Waals surface area contributed by atoms with E-state index in [1.807, 2.05) is 24.3 Å². The molecule has 3 heteroatoms. The van der Waals surface area contributed by atoms with Gasteiger partial charge < -0.3 is 9.31 Å². The number of hydrogen-bond acceptors (Lipinski definition) is 2. The van der Waals surface area contributed by atoms with E-state index in [0.29, 0.717) is 0 Å². The van der Waals surface area contributed by atoms with E-state index in [1.165, 1.54) is 7.69 Å². The molecule has 0 fully saturated rings. The van der Waals surface area contributed by atoms with Crippen LogP contribution < -0.4 is 9.31 Å². The number of benzene rings is 1. The van der Waals surface area contributed by atoms with Gasteiger partial charge in [-0.05, 0) is 24.3 Å². The molecule has 1 radical (unpaired) electrons. The first kappa shape index (κ1) is 4.73. The highest BCUT2D eigenvalue weighted by molar-refractivity contribution is 6.21. The van der Waals surface area contributed by atoms with Crippen molar-refractivity contribution in [3.8, 4) is 11.5 Å². The zero-order valence-electron chi connectivity index (χ0n) is 4.70.